The van der Waals surface area contributed by atoms with E-state index in [4.69, 9.17) is 0 Å². The molecule has 162 valence electrons. The van der Waals surface area contributed by atoms with Crippen LogP contribution in [0.3, 0.4) is 0 Å². The first-order valence-electron chi connectivity index (χ1n) is 12.4. The van der Waals surface area contributed by atoms with Gasteiger partial charge in [-0.2, -0.15) is 0 Å². The fraction of sp³-hybridized carbons (Fsp3) is 0.0588. The zero-order valence-electron chi connectivity index (χ0n) is 19.2. The molecule has 0 aliphatic heterocycles. The maximum absolute atomic E-state index is 2.49. The summed E-state index contributed by atoms with van der Waals surface area (Å²) in [5, 5.41) is 6.69. The van der Waals surface area contributed by atoms with Crippen molar-refractivity contribution in [2.45, 2.75) is 12.8 Å². The van der Waals surface area contributed by atoms with Gasteiger partial charge in [-0.25, -0.2) is 0 Å². The van der Waals surface area contributed by atoms with Crippen molar-refractivity contribution in [3.05, 3.63) is 126 Å². The Morgan fingerprint density at radius 1 is 0.457 bits per heavy atom. The van der Waals surface area contributed by atoms with Crippen molar-refractivity contribution >= 4 is 38.0 Å². The molecule has 1 nitrogen and oxygen atoms in total. The molecule has 2 aromatic heterocycles. The van der Waals surface area contributed by atoms with Gasteiger partial charge in [0.25, 0.3) is 0 Å². The maximum atomic E-state index is 2.49. The lowest BCUT2D eigenvalue weighted by Gasteiger charge is -2.14. The van der Waals surface area contributed by atoms with Gasteiger partial charge in [-0.15, -0.1) is 0 Å². The van der Waals surface area contributed by atoms with E-state index in [9.17, 15) is 0 Å². The van der Waals surface area contributed by atoms with Crippen LogP contribution in [0.1, 0.15) is 22.3 Å². The van der Waals surface area contributed by atoms with E-state index < -0.39 is 0 Å². The molecule has 0 spiro atoms. The molecule has 0 radical (unpaired) electrons. The molecule has 0 unspecified atom stereocenters. The Kier molecular flexibility index (Phi) is 3.19. The summed E-state index contributed by atoms with van der Waals surface area (Å²) >= 11 is 0. The van der Waals surface area contributed by atoms with Crippen LogP contribution in [-0.4, -0.2) is 4.40 Å². The first-order chi connectivity index (χ1) is 17.3. The molecule has 0 bridgehead atoms. The van der Waals surface area contributed by atoms with Crippen LogP contribution in [0.15, 0.2) is 103 Å². The van der Waals surface area contributed by atoms with Crippen LogP contribution in [0.2, 0.25) is 0 Å². The molecule has 2 aliphatic carbocycles. The lowest BCUT2D eigenvalue weighted by atomic mass is 9.95. The van der Waals surface area contributed by atoms with Crippen LogP contribution < -0.4 is 0 Å². The minimum atomic E-state index is 1.02. The van der Waals surface area contributed by atoms with Crippen LogP contribution in [-0.2, 0) is 12.8 Å². The lowest BCUT2D eigenvalue weighted by molar-refractivity contribution is 1.24. The molecular weight excluding hydrogens is 422 g/mol. The zero-order chi connectivity index (χ0) is 22.7. The van der Waals surface area contributed by atoms with E-state index in [0.717, 1.165) is 12.8 Å². The van der Waals surface area contributed by atoms with Crippen molar-refractivity contribution in [3.8, 4) is 22.3 Å². The van der Waals surface area contributed by atoms with Gasteiger partial charge in [0, 0.05) is 27.7 Å². The van der Waals surface area contributed by atoms with Gasteiger partial charge < -0.3 is 4.40 Å². The summed E-state index contributed by atoms with van der Waals surface area (Å²) in [6.45, 7) is 0. The second-order valence-electron chi connectivity index (χ2n) is 10.2. The zero-order valence-corrected chi connectivity index (χ0v) is 19.2. The van der Waals surface area contributed by atoms with Crippen LogP contribution in [0.25, 0.3) is 60.2 Å². The number of nitrogens with zero attached hydrogens (tertiary/aromatic N) is 1. The van der Waals surface area contributed by atoms with Gasteiger partial charge >= 0.3 is 0 Å². The number of pyridine rings is 1. The molecule has 35 heavy (non-hydrogen) atoms. The molecule has 1 heteroatoms. The van der Waals surface area contributed by atoms with Crippen molar-refractivity contribution in [3.63, 3.8) is 0 Å². The van der Waals surface area contributed by atoms with Gasteiger partial charge in [-0.1, -0.05) is 72.8 Å². The highest BCUT2D eigenvalue weighted by Gasteiger charge is 2.24. The van der Waals surface area contributed by atoms with E-state index in [-0.39, 0.29) is 0 Å². The molecule has 2 aliphatic rings. The van der Waals surface area contributed by atoms with E-state index in [1.165, 1.54) is 82.5 Å². The predicted molar refractivity (Wildman–Crippen MR) is 146 cm³/mol. The summed E-state index contributed by atoms with van der Waals surface area (Å²) in [5.74, 6) is 0. The average Bonchev–Trinajstić information content (AvgIpc) is 3.57. The molecule has 2 heterocycles. The summed E-state index contributed by atoms with van der Waals surface area (Å²) in [6, 6.07) is 36.5. The van der Waals surface area contributed by atoms with Gasteiger partial charge in [0.2, 0.25) is 0 Å². The summed E-state index contributed by atoms with van der Waals surface area (Å²) < 4.78 is 2.46. The SMILES string of the molecule is c1ccc2c(c1)Cc1cc3c(cc1-2)c1cc2c(cc1c1c4ccccc4cn31)-c1ccccc1C2. The number of aromatic nitrogens is 1. The Labute approximate surface area is 202 Å². The summed E-state index contributed by atoms with van der Waals surface area (Å²) in [5.41, 5.74) is 14.0. The molecule has 7 aromatic rings. The third-order valence-electron chi connectivity index (χ3n) is 8.37. The van der Waals surface area contributed by atoms with Gasteiger partial charge in [-0.3, -0.25) is 0 Å². The highest BCUT2D eigenvalue weighted by atomic mass is 14.9. The van der Waals surface area contributed by atoms with Crippen molar-refractivity contribution in [2.75, 3.05) is 0 Å². The largest absolute Gasteiger partial charge is 0.315 e. The number of hydrogen-bond donors (Lipinski definition) is 0. The average molecular weight is 444 g/mol. The minimum absolute atomic E-state index is 1.02. The Balaban J connectivity index is 1.50. The second kappa shape index (κ2) is 6.20. The molecule has 0 amide bonds. The summed E-state index contributed by atoms with van der Waals surface area (Å²) in [7, 11) is 0. The molecule has 0 atom stereocenters. The Bertz CT molecular complexity index is 2050. The van der Waals surface area contributed by atoms with Gasteiger partial charge in [0.1, 0.15) is 0 Å². The number of benzene rings is 5. The quantitative estimate of drug-likeness (QED) is 0.207. The standard InChI is InChI=1S/C34H21N/c1-5-11-26-20(7-1)13-23-15-30-31-17-28-24(14-21-8-2-4-10-25(21)28)16-33(31)35-19-22-9-3-6-12-27(22)34(35)32(30)18-29(23)26/h1-12,15-19H,13-14H2. The third-order valence-corrected chi connectivity index (χ3v) is 8.37. The molecule has 0 saturated heterocycles. The van der Waals surface area contributed by atoms with Crippen LogP contribution in [0, 0.1) is 0 Å². The van der Waals surface area contributed by atoms with Gasteiger partial charge in [0.05, 0.1) is 11.0 Å². The number of hydrogen-bond acceptors (Lipinski definition) is 0. The molecule has 0 saturated carbocycles. The fourth-order valence-corrected chi connectivity index (χ4v) is 6.81. The topological polar surface area (TPSA) is 4.41 Å². The van der Waals surface area contributed by atoms with Gasteiger partial charge in [-0.05, 0) is 87.0 Å². The predicted octanol–water partition coefficient (Wildman–Crippen LogP) is 8.54. The monoisotopic (exact) mass is 443 g/mol. The van der Waals surface area contributed by atoms with Crippen molar-refractivity contribution in [2.24, 2.45) is 0 Å². The van der Waals surface area contributed by atoms with Crippen LogP contribution >= 0.6 is 0 Å². The van der Waals surface area contributed by atoms with Gasteiger partial charge in [0.15, 0.2) is 0 Å². The molecule has 0 N–H and O–H groups in total. The molecule has 0 fully saturated rings. The van der Waals surface area contributed by atoms with Crippen molar-refractivity contribution in [1.82, 2.24) is 4.40 Å². The van der Waals surface area contributed by atoms with E-state index >= 15 is 0 Å². The summed E-state index contributed by atoms with van der Waals surface area (Å²) in [6.07, 6.45) is 4.37. The van der Waals surface area contributed by atoms with Crippen molar-refractivity contribution in [1.29, 1.82) is 0 Å². The minimum Gasteiger partial charge on any atom is -0.315 e. The highest BCUT2D eigenvalue weighted by molar-refractivity contribution is 6.21. The molecular formula is C34H21N. The maximum Gasteiger partial charge on any atom is 0.0613 e. The second-order valence-corrected chi connectivity index (χ2v) is 10.2. The molecule has 5 aromatic carbocycles. The normalized spacial score (nSPS) is 13.5. The van der Waals surface area contributed by atoms with E-state index in [2.05, 4.69) is 108 Å². The van der Waals surface area contributed by atoms with E-state index in [0.29, 0.717) is 0 Å². The Hall–Kier alpha value is -4.36. The van der Waals surface area contributed by atoms with E-state index in [1.54, 1.807) is 0 Å². The van der Waals surface area contributed by atoms with E-state index in [1.807, 2.05) is 0 Å². The van der Waals surface area contributed by atoms with Crippen LogP contribution in [0.4, 0.5) is 0 Å². The van der Waals surface area contributed by atoms with Crippen LogP contribution in [0.5, 0.6) is 0 Å². The summed E-state index contributed by atoms with van der Waals surface area (Å²) in [4.78, 5) is 0. The Morgan fingerprint density at radius 2 is 1.09 bits per heavy atom. The smallest absolute Gasteiger partial charge is 0.0613 e. The fourth-order valence-electron chi connectivity index (χ4n) is 6.81. The first kappa shape index (κ1) is 18.0. The highest BCUT2D eigenvalue weighted by Crippen LogP contribution is 2.45. The van der Waals surface area contributed by atoms with Crippen molar-refractivity contribution < 1.29 is 0 Å². The lowest BCUT2D eigenvalue weighted by Crippen LogP contribution is -1.93. The Morgan fingerprint density at radius 3 is 1.86 bits per heavy atom. The molecule has 9 rings (SSSR count). The first-order valence-corrected chi connectivity index (χ1v) is 12.4. The third kappa shape index (κ3) is 2.24. The number of fused-ring (bicyclic) bond motifs is 14. The number of rotatable bonds is 0.